The van der Waals surface area contributed by atoms with E-state index in [9.17, 15) is 0 Å². The van der Waals surface area contributed by atoms with Crippen LogP contribution in [0.3, 0.4) is 0 Å². The second kappa shape index (κ2) is 8.59. The lowest BCUT2D eigenvalue weighted by Crippen LogP contribution is -2.36. The number of hydrogen-bond donors (Lipinski definition) is 0. The highest BCUT2D eigenvalue weighted by Crippen LogP contribution is 2.39. The van der Waals surface area contributed by atoms with Gasteiger partial charge in [-0.2, -0.15) is 5.10 Å². The number of anilines is 1. The fourth-order valence-electron chi connectivity index (χ4n) is 3.72. The summed E-state index contributed by atoms with van der Waals surface area (Å²) < 4.78 is 10.3. The lowest BCUT2D eigenvalue weighted by molar-refractivity contribution is 0.122. The van der Waals surface area contributed by atoms with E-state index in [0.29, 0.717) is 12.6 Å². The van der Waals surface area contributed by atoms with Gasteiger partial charge in [-0.1, -0.05) is 18.2 Å². The Bertz CT molecular complexity index is 862. The van der Waals surface area contributed by atoms with Gasteiger partial charge in [0.15, 0.2) is 4.77 Å². The summed E-state index contributed by atoms with van der Waals surface area (Å²) in [5, 5.41) is 4.81. The summed E-state index contributed by atoms with van der Waals surface area (Å²) in [5.41, 5.74) is 2.56. The number of ether oxygens (including phenoxy) is 1. The molecule has 6 nitrogen and oxygen atoms in total. The van der Waals surface area contributed by atoms with E-state index in [-0.39, 0.29) is 0 Å². The molecule has 1 aliphatic carbocycles. The van der Waals surface area contributed by atoms with Crippen LogP contribution in [0.5, 0.6) is 0 Å². The number of morpholine rings is 1. The molecule has 2 fully saturated rings. The molecule has 2 heterocycles. The van der Waals surface area contributed by atoms with E-state index in [1.807, 2.05) is 10.8 Å². The van der Waals surface area contributed by atoms with E-state index in [0.717, 1.165) is 50.0 Å². The number of hydrogen-bond acceptors (Lipinski definition) is 5. The Morgan fingerprint density at radius 2 is 1.96 bits per heavy atom. The molecule has 1 aromatic heterocycles. The zero-order chi connectivity index (χ0) is 19.5. The molecule has 2 aromatic rings. The molecule has 0 amide bonds. The monoisotopic (exact) mass is 399 g/mol. The first-order chi connectivity index (χ1) is 13.7. The second-order valence-corrected chi connectivity index (χ2v) is 8.10. The van der Waals surface area contributed by atoms with Crippen LogP contribution in [0.1, 0.15) is 30.1 Å². The highest BCUT2D eigenvalue weighted by Gasteiger charge is 2.29. The molecule has 28 heavy (non-hydrogen) atoms. The van der Waals surface area contributed by atoms with E-state index in [4.69, 9.17) is 22.1 Å². The van der Waals surface area contributed by atoms with E-state index < -0.39 is 0 Å². The number of rotatable bonds is 8. The third-order valence-corrected chi connectivity index (χ3v) is 5.78. The summed E-state index contributed by atoms with van der Waals surface area (Å²) in [6.07, 6.45) is 4.33. The Hall–Kier alpha value is -1.96. The van der Waals surface area contributed by atoms with E-state index in [1.165, 1.54) is 24.1 Å². The highest BCUT2D eigenvalue weighted by molar-refractivity contribution is 7.71. The van der Waals surface area contributed by atoms with E-state index in [2.05, 4.69) is 52.3 Å². The van der Waals surface area contributed by atoms with E-state index >= 15 is 0 Å². The third-order valence-electron chi connectivity index (χ3n) is 5.35. The van der Waals surface area contributed by atoms with Crippen LogP contribution in [0.4, 0.5) is 5.69 Å². The van der Waals surface area contributed by atoms with Crippen molar-refractivity contribution in [3.05, 3.63) is 53.1 Å². The second-order valence-electron chi connectivity index (χ2n) is 7.74. The smallest absolute Gasteiger partial charge is 0.199 e. The minimum absolute atomic E-state index is 0.570. The van der Waals surface area contributed by atoms with Gasteiger partial charge in [0, 0.05) is 37.8 Å². The van der Waals surface area contributed by atoms with Gasteiger partial charge in [0.1, 0.15) is 5.82 Å². The van der Waals surface area contributed by atoms with Crippen LogP contribution in [-0.2, 0) is 24.5 Å². The van der Waals surface area contributed by atoms with Crippen molar-refractivity contribution in [3.8, 4) is 0 Å². The van der Waals surface area contributed by atoms with Crippen molar-refractivity contribution in [2.24, 2.45) is 0 Å². The molecular formula is C21H29N5OS. The first-order valence-corrected chi connectivity index (χ1v) is 10.4. The number of nitrogens with zero attached hydrogens (tertiary/aromatic N) is 5. The quantitative estimate of drug-likeness (QED) is 0.502. The molecule has 0 unspecified atom stereocenters. The van der Waals surface area contributed by atoms with Crippen LogP contribution in [0.25, 0.3) is 0 Å². The largest absolute Gasteiger partial charge is 0.378 e. The van der Waals surface area contributed by atoms with Crippen LogP contribution >= 0.6 is 12.2 Å². The number of allylic oxidation sites excluding steroid dienone is 1. The molecule has 0 bridgehead atoms. The Morgan fingerprint density at radius 1 is 1.25 bits per heavy atom. The van der Waals surface area contributed by atoms with Crippen molar-refractivity contribution in [2.45, 2.75) is 38.5 Å². The summed E-state index contributed by atoms with van der Waals surface area (Å²) in [7, 11) is 2.11. The lowest BCUT2D eigenvalue weighted by atomic mass is 10.2. The molecule has 1 aromatic carbocycles. The summed E-state index contributed by atoms with van der Waals surface area (Å²) >= 11 is 5.67. The minimum Gasteiger partial charge on any atom is -0.378 e. The molecule has 0 N–H and O–H groups in total. The first-order valence-electron chi connectivity index (χ1n) is 10.0. The fraction of sp³-hybridized carbons (Fsp3) is 0.524. The van der Waals surface area contributed by atoms with Crippen molar-refractivity contribution < 1.29 is 4.74 Å². The molecule has 1 saturated carbocycles. The Kier molecular flexibility index (Phi) is 5.94. The zero-order valence-corrected chi connectivity index (χ0v) is 17.4. The van der Waals surface area contributed by atoms with Gasteiger partial charge >= 0.3 is 0 Å². The van der Waals surface area contributed by atoms with Gasteiger partial charge in [0.25, 0.3) is 0 Å². The Labute approximate surface area is 172 Å². The molecule has 1 aliphatic heterocycles. The van der Waals surface area contributed by atoms with Gasteiger partial charge in [-0.05, 0) is 49.8 Å². The Balaban J connectivity index is 1.40. The van der Waals surface area contributed by atoms with Crippen LogP contribution in [0.2, 0.25) is 0 Å². The number of benzene rings is 1. The van der Waals surface area contributed by atoms with Crippen LogP contribution < -0.4 is 4.90 Å². The molecule has 7 heteroatoms. The summed E-state index contributed by atoms with van der Waals surface area (Å²) in [6, 6.07) is 8.85. The van der Waals surface area contributed by atoms with Gasteiger partial charge < -0.3 is 9.64 Å². The van der Waals surface area contributed by atoms with Crippen LogP contribution in [-0.4, -0.2) is 52.6 Å². The first kappa shape index (κ1) is 19.4. The zero-order valence-electron chi connectivity index (χ0n) is 16.6. The standard InChI is InChI=1S/C21H29N5OS/c1-3-10-25-20(18-6-7-18)22-26(21(25)28)16-23(2)15-17-4-8-19(9-5-17)24-11-13-27-14-12-24/h3-5,8-9,18H,1,6-7,10-16H2,2H3. The normalized spacial score (nSPS) is 17.3. The van der Waals surface area contributed by atoms with Gasteiger partial charge in [-0.3, -0.25) is 9.47 Å². The SMILES string of the molecule is C=CCn1c(C2CC2)nn(CN(C)Cc2ccc(N3CCOCC3)cc2)c1=S. The van der Waals surface area contributed by atoms with Crippen LogP contribution in [0, 0.1) is 4.77 Å². The maximum atomic E-state index is 5.67. The maximum Gasteiger partial charge on any atom is 0.199 e. The predicted octanol–water partition coefficient (Wildman–Crippen LogP) is 3.40. The summed E-state index contributed by atoms with van der Waals surface area (Å²) in [4.78, 5) is 4.63. The molecule has 0 atom stereocenters. The molecule has 0 radical (unpaired) electrons. The molecule has 2 aliphatic rings. The molecule has 4 rings (SSSR count). The topological polar surface area (TPSA) is 38.5 Å². The minimum atomic E-state index is 0.570. The fourth-order valence-corrected chi connectivity index (χ4v) is 3.98. The van der Waals surface area contributed by atoms with Crippen molar-refractivity contribution in [1.29, 1.82) is 0 Å². The molecule has 0 spiro atoms. The molecular weight excluding hydrogens is 370 g/mol. The highest BCUT2D eigenvalue weighted by atomic mass is 32.1. The lowest BCUT2D eigenvalue weighted by Gasteiger charge is -2.29. The predicted molar refractivity (Wildman–Crippen MR) is 114 cm³/mol. The van der Waals surface area contributed by atoms with E-state index in [1.54, 1.807) is 0 Å². The average molecular weight is 400 g/mol. The Morgan fingerprint density at radius 3 is 2.61 bits per heavy atom. The third kappa shape index (κ3) is 4.37. The van der Waals surface area contributed by atoms with Crippen molar-refractivity contribution >= 4 is 17.9 Å². The number of aromatic nitrogens is 3. The van der Waals surface area contributed by atoms with Crippen molar-refractivity contribution in [3.63, 3.8) is 0 Å². The van der Waals surface area contributed by atoms with Crippen molar-refractivity contribution in [2.75, 3.05) is 38.3 Å². The molecule has 1 saturated heterocycles. The average Bonchev–Trinajstić information content (AvgIpc) is 3.51. The summed E-state index contributed by atoms with van der Waals surface area (Å²) in [5.74, 6) is 1.69. The van der Waals surface area contributed by atoms with Gasteiger partial charge in [-0.25, -0.2) is 4.68 Å². The maximum absolute atomic E-state index is 5.67. The van der Waals surface area contributed by atoms with Gasteiger partial charge in [0.2, 0.25) is 0 Å². The summed E-state index contributed by atoms with van der Waals surface area (Å²) in [6.45, 7) is 9.70. The van der Waals surface area contributed by atoms with Crippen molar-refractivity contribution in [1.82, 2.24) is 19.2 Å². The van der Waals surface area contributed by atoms with Crippen LogP contribution in [0.15, 0.2) is 36.9 Å². The van der Waals surface area contributed by atoms with Gasteiger partial charge in [-0.15, -0.1) is 6.58 Å². The molecule has 150 valence electrons. The van der Waals surface area contributed by atoms with Gasteiger partial charge in [0.05, 0.1) is 19.9 Å².